The first-order chi connectivity index (χ1) is 10.3. The Morgan fingerprint density at radius 2 is 1.48 bits per heavy atom. The van der Waals surface area contributed by atoms with Crippen LogP contribution >= 0.6 is 0 Å². The lowest BCUT2D eigenvalue weighted by Crippen LogP contribution is -1.79. The van der Waals surface area contributed by atoms with Crippen LogP contribution in [0, 0.1) is 0 Å². The number of ether oxygens (including phenoxy) is 1. The van der Waals surface area contributed by atoms with E-state index in [0.29, 0.717) is 23.7 Å². The molecule has 0 aliphatic carbocycles. The number of furan rings is 1. The summed E-state index contributed by atoms with van der Waals surface area (Å²) in [5.41, 5.74) is 0. The van der Waals surface area contributed by atoms with Gasteiger partial charge in [-0.05, 0) is 30.3 Å². The van der Waals surface area contributed by atoms with Crippen LogP contribution in [-0.2, 0) is 0 Å². The lowest BCUT2D eigenvalue weighted by molar-refractivity contribution is 0.109. The number of aromatic hydroxyl groups is 1. The van der Waals surface area contributed by atoms with Gasteiger partial charge in [0.15, 0.2) is 12.0 Å². The summed E-state index contributed by atoms with van der Waals surface area (Å²) < 4.78 is 10.4. The quantitative estimate of drug-likeness (QED) is 0.728. The van der Waals surface area contributed by atoms with E-state index in [4.69, 9.17) is 14.3 Å². The summed E-state index contributed by atoms with van der Waals surface area (Å²) in [7, 11) is 0. The van der Waals surface area contributed by atoms with Crippen molar-refractivity contribution in [1.82, 2.24) is 0 Å². The van der Waals surface area contributed by atoms with E-state index >= 15 is 0 Å². The van der Waals surface area contributed by atoms with Crippen LogP contribution in [0.5, 0.6) is 17.4 Å². The molecule has 0 fully saturated rings. The Labute approximate surface area is 122 Å². The molecule has 0 aliphatic heterocycles. The maximum absolute atomic E-state index is 10.3. The molecule has 0 bridgehead atoms. The number of hydrogen-bond acceptors (Lipinski definition) is 4. The van der Waals surface area contributed by atoms with Gasteiger partial charge in [0.05, 0.1) is 0 Å². The van der Waals surface area contributed by atoms with Gasteiger partial charge in [0, 0.05) is 6.07 Å². The van der Waals surface area contributed by atoms with Gasteiger partial charge in [0.2, 0.25) is 0 Å². The zero-order valence-electron chi connectivity index (χ0n) is 11.2. The third-order valence-electron chi connectivity index (χ3n) is 2.44. The van der Waals surface area contributed by atoms with Gasteiger partial charge >= 0.3 is 0 Å². The minimum absolute atomic E-state index is 0.260. The zero-order valence-corrected chi connectivity index (χ0v) is 11.2. The van der Waals surface area contributed by atoms with Crippen molar-refractivity contribution in [3.05, 3.63) is 78.6 Å². The molecule has 3 aromatic rings. The van der Waals surface area contributed by atoms with E-state index in [9.17, 15) is 4.79 Å². The predicted molar refractivity (Wildman–Crippen MR) is 78.7 cm³/mol. The number of carbonyl (C=O) groups excluding carboxylic acids is 1. The highest BCUT2D eigenvalue weighted by atomic mass is 16.6. The minimum atomic E-state index is 0.260. The van der Waals surface area contributed by atoms with Gasteiger partial charge in [-0.1, -0.05) is 36.4 Å². The first kappa shape index (κ1) is 14.4. The van der Waals surface area contributed by atoms with Crippen LogP contribution < -0.4 is 4.74 Å². The van der Waals surface area contributed by atoms with E-state index in [1.807, 2.05) is 36.4 Å². The maximum atomic E-state index is 10.3. The Morgan fingerprint density at radius 1 is 0.857 bits per heavy atom. The lowest BCUT2D eigenvalue weighted by atomic mass is 10.3. The van der Waals surface area contributed by atoms with Crippen LogP contribution in [0.2, 0.25) is 0 Å². The fourth-order valence-electron chi connectivity index (χ4n) is 1.49. The van der Waals surface area contributed by atoms with Gasteiger partial charge in [0.1, 0.15) is 11.5 Å². The Balaban J connectivity index is 0.000000194. The molecule has 0 aliphatic rings. The molecule has 0 amide bonds. The van der Waals surface area contributed by atoms with Crippen LogP contribution in [0.3, 0.4) is 0 Å². The molecule has 0 radical (unpaired) electrons. The largest absolute Gasteiger partial charge is 0.508 e. The van der Waals surface area contributed by atoms with E-state index in [2.05, 4.69) is 0 Å². The molecule has 3 rings (SSSR count). The summed E-state index contributed by atoms with van der Waals surface area (Å²) in [6.07, 6.45) is 0.637. The van der Waals surface area contributed by atoms with Gasteiger partial charge < -0.3 is 14.3 Å². The third-order valence-corrected chi connectivity index (χ3v) is 2.44. The average Bonchev–Trinajstić information content (AvgIpc) is 2.97. The van der Waals surface area contributed by atoms with E-state index in [1.165, 1.54) is 0 Å². The first-order valence-corrected chi connectivity index (χ1v) is 6.30. The summed E-state index contributed by atoms with van der Waals surface area (Å²) in [5, 5.41) is 8.63. The number of benzene rings is 2. The van der Waals surface area contributed by atoms with Crippen LogP contribution in [0.4, 0.5) is 0 Å². The van der Waals surface area contributed by atoms with E-state index in [1.54, 1.807) is 36.4 Å². The molecule has 1 aromatic heterocycles. The van der Waals surface area contributed by atoms with Crippen molar-refractivity contribution in [3.8, 4) is 17.4 Å². The van der Waals surface area contributed by atoms with Crippen molar-refractivity contribution in [2.24, 2.45) is 0 Å². The van der Waals surface area contributed by atoms with Gasteiger partial charge in [-0.3, -0.25) is 4.79 Å². The molecule has 0 atom stereocenters. The summed E-state index contributed by atoms with van der Waals surface area (Å²) in [4.78, 5) is 10.3. The maximum Gasteiger partial charge on any atom is 0.290 e. The zero-order chi connectivity index (χ0) is 14.9. The van der Waals surface area contributed by atoms with Gasteiger partial charge in [-0.2, -0.15) is 0 Å². The van der Waals surface area contributed by atoms with E-state index in [-0.39, 0.29) is 5.76 Å². The first-order valence-electron chi connectivity index (χ1n) is 6.30. The minimum Gasteiger partial charge on any atom is -0.508 e. The van der Waals surface area contributed by atoms with Crippen molar-refractivity contribution in [2.45, 2.75) is 0 Å². The molecule has 1 heterocycles. The Hall–Kier alpha value is -3.01. The van der Waals surface area contributed by atoms with Crippen molar-refractivity contribution in [3.63, 3.8) is 0 Å². The molecular formula is C17H14O4. The van der Waals surface area contributed by atoms with E-state index in [0.717, 1.165) is 0 Å². The second kappa shape index (κ2) is 7.55. The predicted octanol–water partition coefficient (Wildman–Crippen LogP) is 4.28. The summed E-state index contributed by atoms with van der Waals surface area (Å²) in [5.74, 6) is 1.58. The second-order valence-electron chi connectivity index (χ2n) is 4.03. The Kier molecular flexibility index (Phi) is 5.18. The van der Waals surface area contributed by atoms with Gasteiger partial charge in [-0.25, -0.2) is 0 Å². The Morgan fingerprint density at radius 3 is 1.95 bits per heavy atom. The van der Waals surface area contributed by atoms with Crippen LogP contribution in [-0.4, -0.2) is 11.4 Å². The van der Waals surface area contributed by atoms with Crippen molar-refractivity contribution >= 4 is 6.29 Å². The fourth-order valence-corrected chi connectivity index (χ4v) is 1.49. The monoisotopic (exact) mass is 282 g/mol. The number of phenols is 1. The topological polar surface area (TPSA) is 59.7 Å². The van der Waals surface area contributed by atoms with Crippen molar-refractivity contribution in [2.75, 3.05) is 0 Å². The standard InChI is InChI=1S/C11H8O3.C6H6O/c12-8-10-6-7-11(14-10)13-9-4-2-1-3-5-9;7-6-4-2-1-3-5-6/h1-8H;1-5,7H. The number of hydrogen-bond donors (Lipinski definition) is 1. The SMILES string of the molecule is O=Cc1ccc(Oc2ccccc2)o1.Oc1ccccc1. The number of rotatable bonds is 3. The summed E-state index contributed by atoms with van der Waals surface area (Å²) in [6.45, 7) is 0. The van der Waals surface area contributed by atoms with Crippen LogP contribution in [0.15, 0.2) is 77.2 Å². The molecule has 0 unspecified atom stereocenters. The molecule has 21 heavy (non-hydrogen) atoms. The van der Waals surface area contributed by atoms with Crippen LogP contribution in [0.25, 0.3) is 0 Å². The highest BCUT2D eigenvalue weighted by molar-refractivity contribution is 5.70. The lowest BCUT2D eigenvalue weighted by Gasteiger charge is -1.99. The highest BCUT2D eigenvalue weighted by Crippen LogP contribution is 2.22. The normalized spacial score (nSPS) is 9.33. The number of phenolic OH excluding ortho intramolecular Hbond substituents is 1. The molecule has 106 valence electrons. The smallest absolute Gasteiger partial charge is 0.290 e. The third kappa shape index (κ3) is 4.87. The number of para-hydroxylation sites is 2. The molecule has 2 aromatic carbocycles. The molecule has 1 N–H and O–H groups in total. The van der Waals surface area contributed by atoms with Gasteiger partial charge in [-0.15, -0.1) is 0 Å². The molecule has 0 saturated carbocycles. The summed E-state index contributed by atoms with van der Waals surface area (Å²) >= 11 is 0. The fraction of sp³-hybridized carbons (Fsp3) is 0. The van der Waals surface area contributed by atoms with E-state index < -0.39 is 0 Å². The Bertz CT molecular complexity index is 660. The average molecular weight is 282 g/mol. The molecule has 4 heteroatoms. The molecule has 0 saturated heterocycles. The summed E-state index contributed by atoms with van der Waals surface area (Å²) in [6, 6.07) is 21.1. The van der Waals surface area contributed by atoms with Crippen molar-refractivity contribution < 1.29 is 19.1 Å². The molecular weight excluding hydrogens is 268 g/mol. The number of aldehydes is 1. The highest BCUT2D eigenvalue weighted by Gasteiger charge is 2.02. The number of carbonyl (C=O) groups is 1. The van der Waals surface area contributed by atoms with Crippen molar-refractivity contribution in [1.29, 1.82) is 0 Å². The van der Waals surface area contributed by atoms with Crippen LogP contribution in [0.1, 0.15) is 10.6 Å². The van der Waals surface area contributed by atoms with Gasteiger partial charge in [0.25, 0.3) is 5.95 Å². The molecule has 0 spiro atoms. The second-order valence-corrected chi connectivity index (χ2v) is 4.03. The molecule has 4 nitrogen and oxygen atoms in total.